The summed E-state index contributed by atoms with van der Waals surface area (Å²) in [5.41, 5.74) is -0.587. The first-order valence-electron chi connectivity index (χ1n) is 10.7. The van der Waals surface area contributed by atoms with Gasteiger partial charge in [0.1, 0.15) is 0 Å². The van der Waals surface area contributed by atoms with Gasteiger partial charge in [-0.3, -0.25) is 4.79 Å². The monoisotopic (exact) mass is 489 g/mol. The van der Waals surface area contributed by atoms with E-state index < -0.39 is 37.7 Å². The van der Waals surface area contributed by atoms with Crippen LogP contribution in [0.15, 0.2) is 6.07 Å². The molecular weight excluding hydrogens is 453 g/mol. The Kier molecular flexibility index (Phi) is 9.34. The van der Waals surface area contributed by atoms with Crippen molar-refractivity contribution in [2.24, 2.45) is 0 Å². The van der Waals surface area contributed by atoms with Crippen LogP contribution in [0.2, 0.25) is 23.2 Å². The molecule has 9 heteroatoms. The third-order valence-corrected chi connectivity index (χ3v) is 10.1. The number of carbonyl (C=O) groups is 2. The molecule has 0 aliphatic carbocycles. The molecule has 0 heterocycles. The Labute approximate surface area is 197 Å². The minimum absolute atomic E-state index is 0.0106. The number of benzene rings is 1. The quantitative estimate of drug-likeness (QED) is 0.326. The third-order valence-electron chi connectivity index (χ3n) is 5.32. The second-order valence-electron chi connectivity index (χ2n) is 10.3. The van der Waals surface area contributed by atoms with Gasteiger partial charge in [-0.15, -0.1) is 0 Å². The maximum atomic E-state index is 15.2. The Bertz CT molecular complexity index is 846. The number of Topliss-reactive ketones (excluding diaryl/α,β-unsaturated/α-hetero) is 1. The van der Waals surface area contributed by atoms with E-state index in [0.717, 1.165) is 0 Å². The first kappa shape index (κ1) is 28.4. The summed E-state index contributed by atoms with van der Waals surface area (Å²) in [7, 11) is -2.22. The van der Waals surface area contributed by atoms with Gasteiger partial charge in [-0.2, -0.15) is 0 Å². The Hall–Kier alpha value is -1.64. The van der Waals surface area contributed by atoms with Gasteiger partial charge in [0.25, 0.3) is 0 Å². The highest BCUT2D eigenvalue weighted by molar-refractivity contribution is 6.74. The zero-order valence-corrected chi connectivity index (χ0v) is 22.6. The van der Waals surface area contributed by atoms with E-state index in [9.17, 15) is 9.59 Å². The zero-order chi connectivity index (χ0) is 25.1. The molecule has 1 amide bonds. The number of nitrogens with one attached hydrogen (secondary N) is 1. The fraction of sp³-hybridized carbons (Fsp3) is 0.652. The molecule has 1 rings (SSSR count). The molecule has 1 unspecified atom stereocenters. The van der Waals surface area contributed by atoms with Gasteiger partial charge >= 0.3 is 6.09 Å². The lowest BCUT2D eigenvalue weighted by molar-refractivity contribution is 0.0542. The van der Waals surface area contributed by atoms with Crippen molar-refractivity contribution in [3.8, 4) is 5.75 Å². The van der Waals surface area contributed by atoms with E-state index in [1.54, 1.807) is 6.92 Å². The number of ether oxygens (including phenoxy) is 2. The summed E-state index contributed by atoms with van der Waals surface area (Å²) < 4.78 is 32.7. The van der Waals surface area contributed by atoms with Crippen molar-refractivity contribution in [1.29, 1.82) is 0 Å². The topological polar surface area (TPSA) is 73.9 Å². The molecule has 0 bridgehead atoms. The third kappa shape index (κ3) is 7.45. The number of alkyl carbamates (subject to hydrolysis) is 1. The second-order valence-corrected chi connectivity index (χ2v) is 15.5. The van der Waals surface area contributed by atoms with E-state index in [0.29, 0.717) is 0 Å². The number of rotatable bonds is 8. The van der Waals surface area contributed by atoms with E-state index in [1.807, 2.05) is 20.8 Å². The van der Waals surface area contributed by atoms with Crippen LogP contribution in [0.25, 0.3) is 0 Å². The summed E-state index contributed by atoms with van der Waals surface area (Å²) in [6, 6.07) is 1.41. The van der Waals surface area contributed by atoms with Crippen LogP contribution in [0.1, 0.15) is 77.4 Å². The van der Waals surface area contributed by atoms with Gasteiger partial charge in [-0.1, -0.05) is 32.4 Å². The van der Waals surface area contributed by atoms with Gasteiger partial charge in [-0.25, -0.2) is 9.18 Å². The van der Waals surface area contributed by atoms with Gasteiger partial charge in [-0.05, 0) is 58.8 Å². The normalized spacial score (nSPS) is 13.5. The molecule has 0 radical (unpaired) electrons. The van der Waals surface area contributed by atoms with Crippen molar-refractivity contribution >= 4 is 31.8 Å². The standard InChI is InChI=1S/C23H37ClFNO5Si/c1-11-29-20-15(12-16(24)18(14(2)27)19(20)25)17(31-21(28)26-22(3,4)5)13-30-32(9,10)23(6,7)8/h12,17H,11,13H2,1-10H3,(H,26,28). The number of hydrogen-bond acceptors (Lipinski definition) is 5. The Balaban J connectivity index is 3.52. The number of amides is 1. The molecule has 0 saturated heterocycles. The van der Waals surface area contributed by atoms with Crippen LogP contribution in [-0.2, 0) is 9.16 Å². The Morgan fingerprint density at radius 1 is 1.19 bits per heavy atom. The summed E-state index contributed by atoms with van der Waals surface area (Å²) >= 11 is 6.25. The van der Waals surface area contributed by atoms with Crippen LogP contribution < -0.4 is 10.1 Å². The predicted molar refractivity (Wildman–Crippen MR) is 128 cm³/mol. The fourth-order valence-corrected chi connectivity index (χ4v) is 3.96. The van der Waals surface area contributed by atoms with Gasteiger partial charge in [0.2, 0.25) is 0 Å². The molecule has 32 heavy (non-hydrogen) atoms. The van der Waals surface area contributed by atoms with Crippen molar-refractivity contribution in [2.75, 3.05) is 13.2 Å². The highest BCUT2D eigenvalue weighted by Crippen LogP contribution is 2.40. The van der Waals surface area contributed by atoms with Crippen LogP contribution in [0.3, 0.4) is 0 Å². The summed E-state index contributed by atoms with van der Waals surface area (Å²) in [4.78, 5) is 24.5. The number of ketones is 1. The van der Waals surface area contributed by atoms with E-state index in [4.69, 9.17) is 25.5 Å². The molecular formula is C23H37ClFNO5Si. The number of carbonyl (C=O) groups excluding carboxylic acids is 2. The minimum Gasteiger partial charge on any atom is -0.490 e. The lowest BCUT2D eigenvalue weighted by atomic mass is 10.0. The summed E-state index contributed by atoms with van der Waals surface area (Å²) in [5.74, 6) is -1.58. The predicted octanol–water partition coefficient (Wildman–Crippen LogP) is 6.67. The molecule has 0 saturated carbocycles. The molecule has 1 N–H and O–H groups in total. The first-order chi connectivity index (χ1) is 14.4. The van der Waals surface area contributed by atoms with Crippen molar-refractivity contribution < 1.29 is 27.9 Å². The van der Waals surface area contributed by atoms with Crippen LogP contribution in [-0.4, -0.2) is 38.9 Å². The van der Waals surface area contributed by atoms with E-state index in [1.165, 1.54) is 13.0 Å². The van der Waals surface area contributed by atoms with Gasteiger partial charge in [0, 0.05) is 11.1 Å². The molecule has 1 aromatic carbocycles. The van der Waals surface area contributed by atoms with Crippen LogP contribution in [0, 0.1) is 5.82 Å². The molecule has 6 nitrogen and oxygen atoms in total. The number of hydrogen-bond donors (Lipinski definition) is 1. The minimum atomic E-state index is -2.22. The SMILES string of the molecule is CCOc1c(C(CO[Si](C)(C)C(C)(C)C)OC(=O)NC(C)(C)C)cc(Cl)c(C(C)=O)c1F. The lowest BCUT2D eigenvalue weighted by Gasteiger charge is -2.37. The molecule has 1 atom stereocenters. The number of halogens is 2. The highest BCUT2D eigenvalue weighted by Gasteiger charge is 2.39. The van der Waals surface area contributed by atoms with Crippen LogP contribution in [0.4, 0.5) is 9.18 Å². The zero-order valence-electron chi connectivity index (χ0n) is 20.9. The van der Waals surface area contributed by atoms with E-state index >= 15 is 4.39 Å². The first-order valence-corrected chi connectivity index (χ1v) is 14.0. The molecule has 0 aliphatic rings. The summed E-state index contributed by atoms with van der Waals surface area (Å²) in [5, 5.41) is 2.56. The van der Waals surface area contributed by atoms with Gasteiger partial charge in [0.15, 0.2) is 31.8 Å². The average Bonchev–Trinajstić information content (AvgIpc) is 2.58. The summed E-state index contributed by atoms with van der Waals surface area (Å²) in [6.45, 7) is 18.9. The Morgan fingerprint density at radius 2 is 1.75 bits per heavy atom. The molecule has 0 aromatic heterocycles. The van der Waals surface area contributed by atoms with Crippen molar-refractivity contribution in [3.63, 3.8) is 0 Å². The molecule has 1 aromatic rings. The van der Waals surface area contributed by atoms with Crippen molar-refractivity contribution in [2.45, 2.75) is 85.2 Å². The fourth-order valence-electron chi connectivity index (χ4n) is 2.62. The average molecular weight is 490 g/mol. The van der Waals surface area contributed by atoms with Gasteiger partial charge < -0.3 is 19.2 Å². The molecule has 0 fully saturated rings. The largest absolute Gasteiger partial charge is 0.490 e. The molecule has 182 valence electrons. The molecule has 0 spiro atoms. The second kappa shape index (κ2) is 10.5. The van der Waals surface area contributed by atoms with Gasteiger partial charge in [0.05, 0.1) is 23.8 Å². The summed E-state index contributed by atoms with van der Waals surface area (Å²) in [6.07, 6.45) is -1.68. The van der Waals surface area contributed by atoms with Crippen LogP contribution in [0.5, 0.6) is 5.75 Å². The maximum absolute atomic E-state index is 15.2. The molecule has 0 aliphatic heterocycles. The van der Waals surface area contributed by atoms with Crippen molar-refractivity contribution in [1.82, 2.24) is 5.32 Å². The smallest absolute Gasteiger partial charge is 0.408 e. The van der Waals surface area contributed by atoms with Crippen LogP contribution >= 0.6 is 11.6 Å². The maximum Gasteiger partial charge on any atom is 0.408 e. The highest BCUT2D eigenvalue weighted by atomic mass is 35.5. The lowest BCUT2D eigenvalue weighted by Crippen LogP contribution is -2.44. The van der Waals surface area contributed by atoms with E-state index in [-0.39, 0.29) is 40.2 Å². The Morgan fingerprint density at radius 3 is 2.19 bits per heavy atom. The van der Waals surface area contributed by atoms with Crippen molar-refractivity contribution in [3.05, 3.63) is 28.0 Å². The van der Waals surface area contributed by atoms with E-state index in [2.05, 4.69) is 39.2 Å².